The summed E-state index contributed by atoms with van der Waals surface area (Å²) in [6.07, 6.45) is 18.5. The summed E-state index contributed by atoms with van der Waals surface area (Å²) < 4.78 is 12.4. The Balaban J connectivity index is 1.71. The van der Waals surface area contributed by atoms with Crippen molar-refractivity contribution in [3.63, 3.8) is 0 Å². The number of hydrogen-bond donors (Lipinski definition) is 0. The summed E-state index contributed by atoms with van der Waals surface area (Å²) in [5.41, 5.74) is 0. The van der Waals surface area contributed by atoms with Gasteiger partial charge in [0.2, 0.25) is 0 Å². The second-order valence-corrected chi connectivity index (χ2v) is 11.0. The Hall–Kier alpha value is -1.61. The molecule has 35 heavy (non-hydrogen) atoms. The topological polar surface area (TPSA) is 18.5 Å². The van der Waals surface area contributed by atoms with Gasteiger partial charge in [-0.25, -0.2) is 0 Å². The molecule has 2 aromatic carbocycles. The summed E-state index contributed by atoms with van der Waals surface area (Å²) in [5.74, 6) is 1.95. The van der Waals surface area contributed by atoms with Gasteiger partial charge < -0.3 is 9.47 Å². The Morgan fingerprint density at radius 3 is 1.54 bits per heavy atom. The first-order valence-corrected chi connectivity index (χ1v) is 15.2. The molecular formula is C32H50O2S. The lowest BCUT2D eigenvalue weighted by atomic mass is 10.1. The zero-order valence-corrected chi connectivity index (χ0v) is 23.7. The van der Waals surface area contributed by atoms with Crippen LogP contribution in [0.3, 0.4) is 0 Å². The van der Waals surface area contributed by atoms with E-state index < -0.39 is 0 Å². The van der Waals surface area contributed by atoms with Crippen molar-refractivity contribution in [3.8, 4) is 11.5 Å². The molecule has 2 aromatic rings. The van der Waals surface area contributed by atoms with Crippen molar-refractivity contribution in [1.82, 2.24) is 0 Å². The first-order valence-electron chi connectivity index (χ1n) is 14.4. The van der Waals surface area contributed by atoms with Crippen LogP contribution in [0.25, 0.3) is 0 Å². The van der Waals surface area contributed by atoms with Crippen molar-refractivity contribution in [3.05, 3.63) is 48.5 Å². The van der Waals surface area contributed by atoms with E-state index >= 15 is 0 Å². The minimum absolute atomic E-state index is 0.274. The first-order chi connectivity index (χ1) is 17.1. The third-order valence-electron chi connectivity index (χ3n) is 6.57. The van der Waals surface area contributed by atoms with Gasteiger partial charge in [0.1, 0.15) is 11.5 Å². The lowest BCUT2D eigenvalue weighted by molar-refractivity contribution is 0.182. The molecule has 0 fully saturated rings. The molecule has 2 unspecified atom stereocenters. The lowest BCUT2D eigenvalue weighted by Crippen LogP contribution is -2.15. The van der Waals surface area contributed by atoms with Gasteiger partial charge in [0, 0.05) is 9.79 Å². The molecule has 0 saturated heterocycles. The van der Waals surface area contributed by atoms with Crippen molar-refractivity contribution in [2.75, 3.05) is 0 Å². The van der Waals surface area contributed by atoms with Crippen LogP contribution in [0.4, 0.5) is 0 Å². The van der Waals surface area contributed by atoms with Crippen LogP contribution in [0, 0.1) is 0 Å². The largest absolute Gasteiger partial charge is 0.491 e. The summed E-state index contributed by atoms with van der Waals surface area (Å²) in [6, 6.07) is 17.1. The molecule has 0 saturated carbocycles. The molecule has 0 amide bonds. The van der Waals surface area contributed by atoms with Crippen molar-refractivity contribution in [2.24, 2.45) is 0 Å². The highest BCUT2D eigenvalue weighted by atomic mass is 32.2. The Kier molecular flexibility index (Phi) is 15.8. The van der Waals surface area contributed by atoms with E-state index in [-0.39, 0.29) is 6.10 Å². The van der Waals surface area contributed by atoms with Crippen LogP contribution in [0.2, 0.25) is 0 Å². The minimum Gasteiger partial charge on any atom is -0.491 e. The third-order valence-corrected chi connectivity index (χ3v) is 7.59. The minimum atomic E-state index is 0.274. The van der Waals surface area contributed by atoms with E-state index in [9.17, 15) is 0 Å². The molecule has 0 aliphatic heterocycles. The molecule has 3 heteroatoms. The van der Waals surface area contributed by atoms with Crippen LogP contribution in [0.5, 0.6) is 11.5 Å². The zero-order chi connectivity index (χ0) is 25.1. The molecule has 0 heterocycles. The van der Waals surface area contributed by atoms with Crippen molar-refractivity contribution in [2.45, 2.75) is 140 Å². The van der Waals surface area contributed by atoms with E-state index in [1.54, 1.807) is 11.8 Å². The third kappa shape index (κ3) is 13.3. The van der Waals surface area contributed by atoms with Crippen LogP contribution in [0.15, 0.2) is 58.3 Å². The average Bonchev–Trinajstić information content (AvgIpc) is 2.87. The molecule has 0 spiro atoms. The van der Waals surface area contributed by atoms with E-state index in [4.69, 9.17) is 9.47 Å². The van der Waals surface area contributed by atoms with E-state index in [1.165, 1.54) is 80.4 Å². The van der Waals surface area contributed by atoms with Crippen molar-refractivity contribution < 1.29 is 9.47 Å². The van der Waals surface area contributed by atoms with Gasteiger partial charge in [0.15, 0.2) is 0 Å². The molecule has 0 aliphatic carbocycles. The molecule has 2 rings (SSSR count). The summed E-state index contributed by atoms with van der Waals surface area (Å²) in [7, 11) is 0. The second-order valence-electron chi connectivity index (χ2n) is 9.88. The fourth-order valence-corrected chi connectivity index (χ4v) is 5.14. The summed E-state index contributed by atoms with van der Waals surface area (Å²) >= 11 is 1.78. The number of rotatable bonds is 20. The highest BCUT2D eigenvalue weighted by molar-refractivity contribution is 7.99. The molecule has 0 radical (unpaired) electrons. The molecule has 0 N–H and O–H groups in total. The smallest absolute Gasteiger partial charge is 0.119 e. The highest BCUT2D eigenvalue weighted by Gasteiger charge is 2.09. The predicted molar refractivity (Wildman–Crippen MR) is 153 cm³/mol. The molecule has 2 atom stereocenters. The van der Waals surface area contributed by atoms with Gasteiger partial charge in [-0.2, -0.15) is 0 Å². The quantitative estimate of drug-likeness (QED) is 0.169. The summed E-state index contributed by atoms with van der Waals surface area (Å²) in [6.45, 7) is 8.95. The maximum atomic E-state index is 6.25. The molecule has 0 aliphatic rings. The van der Waals surface area contributed by atoms with Gasteiger partial charge in [0.05, 0.1) is 12.2 Å². The fraction of sp³-hybridized carbons (Fsp3) is 0.625. The molecular weight excluding hydrogens is 448 g/mol. The normalized spacial score (nSPS) is 12.9. The van der Waals surface area contributed by atoms with Gasteiger partial charge >= 0.3 is 0 Å². The molecule has 0 aromatic heterocycles. The van der Waals surface area contributed by atoms with Gasteiger partial charge in [-0.3, -0.25) is 0 Å². The van der Waals surface area contributed by atoms with Gasteiger partial charge in [-0.05, 0) is 87.6 Å². The SMILES string of the molecule is CCCCCCCCC(C)Oc1ccc(Sc2ccc(OC(CC)CCCCCCC)cc2)cc1. The monoisotopic (exact) mass is 498 g/mol. The standard InChI is InChI=1S/C32H50O2S/c1-5-8-10-12-14-15-17-27(4)33-29-19-23-31(24-20-29)35-32-25-21-30(22-26-32)34-28(7-3)18-16-13-11-9-6-2/h19-28H,5-18H2,1-4H3. The number of unbranched alkanes of at least 4 members (excludes halogenated alkanes) is 9. The van der Waals surface area contributed by atoms with Crippen LogP contribution in [0.1, 0.15) is 118 Å². The van der Waals surface area contributed by atoms with Crippen molar-refractivity contribution in [1.29, 1.82) is 0 Å². The van der Waals surface area contributed by atoms with E-state index in [0.29, 0.717) is 6.10 Å². The fourth-order valence-electron chi connectivity index (χ4n) is 4.33. The molecule has 196 valence electrons. The van der Waals surface area contributed by atoms with Gasteiger partial charge in [-0.15, -0.1) is 0 Å². The Morgan fingerprint density at radius 1 is 0.571 bits per heavy atom. The second kappa shape index (κ2) is 18.6. The molecule has 2 nitrogen and oxygen atoms in total. The van der Waals surface area contributed by atoms with Crippen LogP contribution < -0.4 is 9.47 Å². The number of ether oxygens (including phenoxy) is 2. The van der Waals surface area contributed by atoms with E-state index in [1.807, 2.05) is 0 Å². The van der Waals surface area contributed by atoms with Crippen LogP contribution >= 0.6 is 11.8 Å². The van der Waals surface area contributed by atoms with Gasteiger partial charge in [-0.1, -0.05) is 90.3 Å². The maximum absolute atomic E-state index is 6.25. The number of benzene rings is 2. The van der Waals surface area contributed by atoms with Gasteiger partial charge in [0.25, 0.3) is 0 Å². The zero-order valence-electron chi connectivity index (χ0n) is 22.9. The Morgan fingerprint density at radius 2 is 1.03 bits per heavy atom. The predicted octanol–water partition coefficient (Wildman–Crippen LogP) is 10.9. The average molecular weight is 499 g/mol. The lowest BCUT2D eigenvalue weighted by Gasteiger charge is -2.18. The van der Waals surface area contributed by atoms with E-state index in [2.05, 4.69) is 76.2 Å². The summed E-state index contributed by atoms with van der Waals surface area (Å²) in [4.78, 5) is 2.46. The van der Waals surface area contributed by atoms with Crippen LogP contribution in [-0.4, -0.2) is 12.2 Å². The highest BCUT2D eigenvalue weighted by Crippen LogP contribution is 2.31. The van der Waals surface area contributed by atoms with Crippen LogP contribution in [-0.2, 0) is 0 Å². The first kappa shape index (κ1) is 29.6. The molecule has 0 bridgehead atoms. The maximum Gasteiger partial charge on any atom is 0.119 e. The van der Waals surface area contributed by atoms with Crippen molar-refractivity contribution >= 4 is 11.8 Å². The Labute approximate surface area is 220 Å². The van der Waals surface area contributed by atoms with E-state index in [0.717, 1.165) is 30.8 Å². The Bertz CT molecular complexity index is 756. The summed E-state index contributed by atoms with van der Waals surface area (Å²) in [5, 5.41) is 0. The number of hydrogen-bond acceptors (Lipinski definition) is 3.